The summed E-state index contributed by atoms with van der Waals surface area (Å²) in [6, 6.07) is 49.3. The lowest BCUT2D eigenvalue weighted by Crippen LogP contribution is -2.04. The molecule has 0 N–H and O–H groups in total. The van der Waals surface area contributed by atoms with Crippen molar-refractivity contribution in [3.8, 4) is 28.5 Å². The maximum Gasteiger partial charge on any atom is 0.235 e. The molecule has 0 atom stereocenters. The third-order valence-corrected chi connectivity index (χ3v) is 9.44. The molecule has 6 aromatic carbocycles. The summed E-state index contributed by atoms with van der Waals surface area (Å²) in [5.74, 6) is 0.672. The second-order valence-corrected chi connectivity index (χ2v) is 11.7. The van der Waals surface area contributed by atoms with Gasteiger partial charge in [0.15, 0.2) is 0 Å². The monoisotopic (exact) mass is 553 g/mol. The largest absolute Gasteiger partial charge is 0.277 e. The second kappa shape index (κ2) is 9.10. The smallest absolute Gasteiger partial charge is 0.235 e. The van der Waals surface area contributed by atoms with Crippen molar-refractivity contribution in [2.75, 3.05) is 0 Å². The molecule has 3 heterocycles. The van der Waals surface area contributed by atoms with Gasteiger partial charge in [-0.2, -0.15) is 0 Å². The van der Waals surface area contributed by atoms with E-state index in [9.17, 15) is 0 Å². The van der Waals surface area contributed by atoms with Crippen LogP contribution in [0.2, 0.25) is 0 Å². The molecular formula is C38H23N3S. The maximum absolute atomic E-state index is 5.23. The van der Waals surface area contributed by atoms with Crippen LogP contribution < -0.4 is 0 Å². The summed E-state index contributed by atoms with van der Waals surface area (Å²) in [5.41, 5.74) is 6.17. The van der Waals surface area contributed by atoms with Crippen LogP contribution in [0.3, 0.4) is 0 Å². The van der Waals surface area contributed by atoms with E-state index in [1.54, 1.807) is 0 Å². The number of fused-ring (bicyclic) bond motifs is 9. The number of hydrogen-bond donors (Lipinski definition) is 0. The van der Waals surface area contributed by atoms with Crippen LogP contribution in [-0.4, -0.2) is 14.5 Å². The fraction of sp³-hybridized carbons (Fsp3) is 0. The van der Waals surface area contributed by atoms with Crippen LogP contribution in [0.5, 0.6) is 0 Å². The van der Waals surface area contributed by atoms with E-state index in [-0.39, 0.29) is 0 Å². The number of benzene rings is 6. The van der Waals surface area contributed by atoms with Gasteiger partial charge in [-0.25, -0.2) is 9.97 Å². The summed E-state index contributed by atoms with van der Waals surface area (Å²) in [6.07, 6.45) is 0. The Morgan fingerprint density at radius 2 is 0.976 bits per heavy atom. The molecule has 4 heteroatoms. The minimum absolute atomic E-state index is 0.672. The zero-order valence-electron chi connectivity index (χ0n) is 22.5. The first kappa shape index (κ1) is 23.4. The van der Waals surface area contributed by atoms with Gasteiger partial charge in [0.25, 0.3) is 0 Å². The molecule has 0 aliphatic carbocycles. The molecule has 0 unspecified atom stereocenters. The van der Waals surface area contributed by atoms with Gasteiger partial charge in [-0.05, 0) is 18.2 Å². The summed E-state index contributed by atoms with van der Waals surface area (Å²) in [7, 11) is 0. The van der Waals surface area contributed by atoms with Crippen molar-refractivity contribution in [2.45, 2.75) is 0 Å². The molecule has 0 saturated heterocycles. The van der Waals surface area contributed by atoms with Crippen LogP contribution in [0.25, 0.3) is 81.2 Å². The van der Waals surface area contributed by atoms with E-state index in [1.807, 2.05) is 23.5 Å². The van der Waals surface area contributed by atoms with E-state index < -0.39 is 0 Å². The van der Waals surface area contributed by atoms with Crippen molar-refractivity contribution in [2.24, 2.45) is 0 Å². The molecule has 196 valence electrons. The lowest BCUT2D eigenvalue weighted by Gasteiger charge is -2.13. The molecule has 0 saturated carbocycles. The van der Waals surface area contributed by atoms with E-state index in [2.05, 4.69) is 132 Å². The van der Waals surface area contributed by atoms with Gasteiger partial charge in [0, 0.05) is 52.8 Å². The summed E-state index contributed by atoms with van der Waals surface area (Å²) in [4.78, 5) is 10.5. The Bertz CT molecular complexity index is 2400. The van der Waals surface area contributed by atoms with Gasteiger partial charge in [0.05, 0.1) is 22.4 Å². The van der Waals surface area contributed by atoms with Crippen molar-refractivity contribution in [1.29, 1.82) is 0 Å². The Labute approximate surface area is 246 Å². The van der Waals surface area contributed by atoms with Gasteiger partial charge >= 0.3 is 0 Å². The van der Waals surface area contributed by atoms with Gasteiger partial charge < -0.3 is 0 Å². The quantitative estimate of drug-likeness (QED) is 0.218. The molecule has 42 heavy (non-hydrogen) atoms. The van der Waals surface area contributed by atoms with Crippen LogP contribution in [0.15, 0.2) is 140 Å². The van der Waals surface area contributed by atoms with Crippen LogP contribution >= 0.6 is 11.3 Å². The number of hydrogen-bond acceptors (Lipinski definition) is 3. The molecule has 0 spiro atoms. The highest BCUT2D eigenvalue weighted by Crippen LogP contribution is 2.43. The van der Waals surface area contributed by atoms with Gasteiger partial charge in [0.1, 0.15) is 0 Å². The van der Waals surface area contributed by atoms with Crippen LogP contribution in [-0.2, 0) is 0 Å². The van der Waals surface area contributed by atoms with E-state index in [0.29, 0.717) is 5.95 Å². The summed E-state index contributed by atoms with van der Waals surface area (Å²) >= 11 is 1.87. The molecular weight excluding hydrogens is 531 g/mol. The molecule has 9 aromatic rings. The second-order valence-electron chi connectivity index (χ2n) is 10.6. The average Bonchev–Trinajstić information content (AvgIpc) is 3.62. The summed E-state index contributed by atoms with van der Waals surface area (Å²) < 4.78 is 4.90. The highest BCUT2D eigenvalue weighted by Gasteiger charge is 2.20. The first-order valence-corrected chi connectivity index (χ1v) is 14.9. The highest BCUT2D eigenvalue weighted by atomic mass is 32.1. The Morgan fingerprint density at radius 3 is 1.67 bits per heavy atom. The Kier molecular flexibility index (Phi) is 5.07. The molecule has 0 bridgehead atoms. The Balaban J connectivity index is 1.42. The number of aromatic nitrogens is 3. The van der Waals surface area contributed by atoms with Gasteiger partial charge in [-0.15, -0.1) is 11.3 Å². The zero-order chi connectivity index (χ0) is 27.6. The van der Waals surface area contributed by atoms with E-state index >= 15 is 0 Å². The molecule has 3 aromatic heterocycles. The van der Waals surface area contributed by atoms with Crippen LogP contribution in [0.4, 0.5) is 0 Å². The standard InChI is InChI=1S/C38H23N3S/c1-3-11-24(12-4-1)32-23-33(25-13-5-2-6-14-25)40-38(39-32)41-34-17-9-7-15-26(34)28-19-22-31-29(36(28)41)20-21-30-27-16-8-10-18-35(27)42-37(30)31/h1-23H. The normalized spacial score (nSPS) is 11.8. The van der Waals surface area contributed by atoms with Crippen LogP contribution in [0, 0.1) is 0 Å². The molecule has 3 nitrogen and oxygen atoms in total. The minimum atomic E-state index is 0.672. The predicted octanol–water partition coefficient (Wildman–Crippen LogP) is 10.4. The van der Waals surface area contributed by atoms with Gasteiger partial charge in [-0.1, -0.05) is 121 Å². The highest BCUT2D eigenvalue weighted by molar-refractivity contribution is 7.26. The number of para-hydroxylation sites is 1. The fourth-order valence-electron chi connectivity index (χ4n) is 6.30. The number of thiophene rings is 1. The maximum atomic E-state index is 5.23. The molecule has 9 rings (SSSR count). The van der Waals surface area contributed by atoms with Crippen molar-refractivity contribution in [3.05, 3.63) is 140 Å². The van der Waals surface area contributed by atoms with Crippen molar-refractivity contribution in [3.63, 3.8) is 0 Å². The van der Waals surface area contributed by atoms with Crippen LogP contribution in [0.1, 0.15) is 0 Å². The fourth-order valence-corrected chi connectivity index (χ4v) is 7.53. The minimum Gasteiger partial charge on any atom is -0.277 e. The zero-order valence-corrected chi connectivity index (χ0v) is 23.3. The average molecular weight is 554 g/mol. The van der Waals surface area contributed by atoms with Gasteiger partial charge in [0.2, 0.25) is 5.95 Å². The number of nitrogens with zero attached hydrogens (tertiary/aromatic N) is 3. The third-order valence-electron chi connectivity index (χ3n) is 8.22. The SMILES string of the molecule is c1ccc(-c2cc(-c3ccccc3)nc(-n3c4ccccc4c4ccc5c(ccc6c7ccccc7sc65)c43)n2)cc1. The van der Waals surface area contributed by atoms with Crippen molar-refractivity contribution >= 4 is 64.1 Å². The molecule has 0 aliphatic heterocycles. The first-order valence-electron chi connectivity index (χ1n) is 14.1. The summed E-state index contributed by atoms with van der Waals surface area (Å²) in [5, 5.41) is 7.48. The number of rotatable bonds is 3. The lowest BCUT2D eigenvalue weighted by molar-refractivity contribution is 0.998. The third kappa shape index (κ3) is 3.46. The van der Waals surface area contributed by atoms with Crippen molar-refractivity contribution in [1.82, 2.24) is 14.5 Å². The topological polar surface area (TPSA) is 30.7 Å². The molecule has 0 fully saturated rings. The van der Waals surface area contributed by atoms with E-state index in [4.69, 9.17) is 9.97 Å². The molecule has 0 aliphatic rings. The Morgan fingerprint density at radius 1 is 0.452 bits per heavy atom. The van der Waals surface area contributed by atoms with E-state index in [1.165, 1.54) is 41.7 Å². The van der Waals surface area contributed by atoms with Crippen molar-refractivity contribution < 1.29 is 0 Å². The lowest BCUT2D eigenvalue weighted by atomic mass is 10.0. The summed E-state index contributed by atoms with van der Waals surface area (Å²) in [6.45, 7) is 0. The Hall–Kier alpha value is -5.32. The molecule has 0 radical (unpaired) electrons. The predicted molar refractivity (Wildman–Crippen MR) is 178 cm³/mol. The first-order chi connectivity index (χ1) is 20.8. The molecule has 0 amide bonds. The van der Waals surface area contributed by atoms with E-state index in [0.717, 1.165) is 33.5 Å². The van der Waals surface area contributed by atoms with Gasteiger partial charge in [-0.3, -0.25) is 4.57 Å².